The third-order valence-corrected chi connectivity index (χ3v) is 2.80. The molecule has 0 aliphatic heterocycles. The van der Waals surface area contributed by atoms with Crippen molar-refractivity contribution in [3.05, 3.63) is 24.0 Å². The van der Waals surface area contributed by atoms with Crippen LogP contribution in [0, 0.1) is 0 Å². The van der Waals surface area contributed by atoms with Crippen molar-refractivity contribution in [1.29, 1.82) is 0 Å². The van der Waals surface area contributed by atoms with E-state index in [1.54, 1.807) is 17.2 Å². The molecule has 0 unspecified atom stereocenters. The first-order chi connectivity index (χ1) is 8.27. The van der Waals surface area contributed by atoms with Crippen molar-refractivity contribution < 1.29 is 9.90 Å². The predicted molar refractivity (Wildman–Crippen MR) is 63.2 cm³/mol. The summed E-state index contributed by atoms with van der Waals surface area (Å²) >= 11 is 0. The van der Waals surface area contributed by atoms with Gasteiger partial charge in [-0.3, -0.25) is 15.6 Å². The molecule has 0 bridgehead atoms. The Morgan fingerprint density at radius 2 is 2.41 bits per heavy atom. The van der Waals surface area contributed by atoms with E-state index in [0.29, 0.717) is 17.8 Å². The maximum atomic E-state index is 12.3. The van der Waals surface area contributed by atoms with Crippen molar-refractivity contribution in [2.75, 3.05) is 18.6 Å². The first-order valence-corrected chi connectivity index (χ1v) is 5.60. The molecule has 0 radical (unpaired) electrons. The quantitative estimate of drug-likeness (QED) is 0.493. The normalized spacial score (nSPS) is 14.5. The fraction of sp³-hybridized carbons (Fsp3) is 0.455. The average Bonchev–Trinajstić information content (AvgIpc) is 3.19. The Morgan fingerprint density at radius 1 is 1.65 bits per heavy atom. The summed E-state index contributed by atoms with van der Waals surface area (Å²) in [7, 11) is 0. The zero-order valence-corrected chi connectivity index (χ0v) is 9.47. The fourth-order valence-corrected chi connectivity index (χ4v) is 1.79. The van der Waals surface area contributed by atoms with Crippen LogP contribution in [-0.4, -0.2) is 40.1 Å². The Morgan fingerprint density at radius 3 is 3.00 bits per heavy atom. The summed E-state index contributed by atoms with van der Waals surface area (Å²) in [6, 6.07) is 1.89. The SMILES string of the molecule is NNc1cnccc1C(=O)N(CCO)C1CC1. The zero-order valence-electron chi connectivity index (χ0n) is 9.47. The summed E-state index contributed by atoms with van der Waals surface area (Å²) in [4.78, 5) is 17.9. The molecule has 1 aliphatic carbocycles. The lowest BCUT2D eigenvalue weighted by molar-refractivity contribution is 0.0708. The number of aliphatic hydroxyl groups is 1. The number of hydrogen-bond acceptors (Lipinski definition) is 5. The number of nitrogens with zero attached hydrogens (tertiary/aromatic N) is 2. The van der Waals surface area contributed by atoms with Gasteiger partial charge in [0.15, 0.2) is 0 Å². The van der Waals surface area contributed by atoms with Gasteiger partial charge in [-0.2, -0.15) is 0 Å². The highest BCUT2D eigenvalue weighted by Gasteiger charge is 2.33. The largest absolute Gasteiger partial charge is 0.395 e. The molecule has 0 aromatic carbocycles. The van der Waals surface area contributed by atoms with Crippen LogP contribution in [0.2, 0.25) is 0 Å². The summed E-state index contributed by atoms with van der Waals surface area (Å²) in [6.07, 6.45) is 5.07. The summed E-state index contributed by atoms with van der Waals surface area (Å²) in [5.41, 5.74) is 3.45. The molecule has 1 aliphatic rings. The van der Waals surface area contributed by atoms with Gasteiger partial charge in [-0.1, -0.05) is 0 Å². The third-order valence-electron chi connectivity index (χ3n) is 2.80. The van der Waals surface area contributed by atoms with Crippen LogP contribution in [-0.2, 0) is 0 Å². The monoisotopic (exact) mass is 236 g/mol. The second kappa shape index (κ2) is 5.11. The van der Waals surface area contributed by atoms with Crippen LogP contribution in [0.4, 0.5) is 5.69 Å². The van der Waals surface area contributed by atoms with E-state index in [4.69, 9.17) is 10.9 Å². The van der Waals surface area contributed by atoms with Crippen LogP contribution in [0.15, 0.2) is 18.5 Å². The van der Waals surface area contributed by atoms with Crippen LogP contribution in [0.1, 0.15) is 23.2 Å². The number of aliphatic hydroxyl groups excluding tert-OH is 1. The molecule has 1 aromatic rings. The Balaban J connectivity index is 2.21. The van der Waals surface area contributed by atoms with Gasteiger partial charge in [0.1, 0.15) is 0 Å². The van der Waals surface area contributed by atoms with Gasteiger partial charge in [-0.25, -0.2) is 0 Å². The number of nitrogens with two attached hydrogens (primary N) is 1. The highest BCUT2D eigenvalue weighted by atomic mass is 16.3. The van der Waals surface area contributed by atoms with E-state index in [0.717, 1.165) is 12.8 Å². The standard InChI is InChI=1S/C11H16N4O2/c12-14-10-7-13-4-3-9(10)11(17)15(5-6-16)8-1-2-8/h3-4,7-8,14,16H,1-2,5-6,12H2. The molecule has 0 atom stereocenters. The van der Waals surface area contributed by atoms with Gasteiger partial charge in [-0.05, 0) is 18.9 Å². The van der Waals surface area contributed by atoms with Gasteiger partial charge < -0.3 is 15.4 Å². The van der Waals surface area contributed by atoms with Gasteiger partial charge in [0.05, 0.1) is 24.1 Å². The Labute approximate surface area is 99.4 Å². The molecule has 17 heavy (non-hydrogen) atoms. The molecule has 0 saturated heterocycles. The van der Waals surface area contributed by atoms with E-state index in [9.17, 15) is 4.79 Å². The second-order valence-corrected chi connectivity index (χ2v) is 4.02. The number of hydrazine groups is 1. The minimum Gasteiger partial charge on any atom is -0.395 e. The van der Waals surface area contributed by atoms with Crippen molar-refractivity contribution in [3.63, 3.8) is 0 Å². The second-order valence-electron chi connectivity index (χ2n) is 4.02. The number of hydrogen-bond donors (Lipinski definition) is 3. The highest BCUT2D eigenvalue weighted by molar-refractivity contribution is 5.99. The molecule has 2 rings (SSSR count). The fourth-order valence-electron chi connectivity index (χ4n) is 1.79. The van der Waals surface area contributed by atoms with Gasteiger partial charge >= 0.3 is 0 Å². The van der Waals surface area contributed by atoms with Gasteiger partial charge in [0, 0.05) is 18.8 Å². The van der Waals surface area contributed by atoms with Crippen molar-refractivity contribution in [1.82, 2.24) is 9.88 Å². The number of pyridine rings is 1. The molecule has 1 aromatic heterocycles. The highest BCUT2D eigenvalue weighted by Crippen LogP contribution is 2.29. The van der Waals surface area contributed by atoms with E-state index >= 15 is 0 Å². The number of aromatic nitrogens is 1. The van der Waals surface area contributed by atoms with Gasteiger partial charge in [0.2, 0.25) is 0 Å². The molecule has 1 heterocycles. The molecule has 1 saturated carbocycles. The first-order valence-electron chi connectivity index (χ1n) is 5.60. The van der Waals surface area contributed by atoms with Gasteiger partial charge in [-0.15, -0.1) is 0 Å². The number of carbonyl (C=O) groups excluding carboxylic acids is 1. The Kier molecular flexibility index (Phi) is 3.55. The molecular formula is C11H16N4O2. The lowest BCUT2D eigenvalue weighted by Crippen LogP contribution is -2.36. The number of rotatable bonds is 5. The summed E-state index contributed by atoms with van der Waals surface area (Å²) < 4.78 is 0. The van der Waals surface area contributed by atoms with Crippen LogP contribution >= 0.6 is 0 Å². The zero-order chi connectivity index (χ0) is 12.3. The molecular weight excluding hydrogens is 220 g/mol. The van der Waals surface area contributed by atoms with E-state index in [-0.39, 0.29) is 18.6 Å². The summed E-state index contributed by atoms with van der Waals surface area (Å²) in [5, 5.41) is 8.99. The lowest BCUT2D eigenvalue weighted by Gasteiger charge is -2.22. The third kappa shape index (κ3) is 2.54. The number of nitrogens with one attached hydrogen (secondary N) is 1. The summed E-state index contributed by atoms with van der Waals surface area (Å²) in [5.74, 6) is 5.23. The number of amides is 1. The van der Waals surface area contributed by atoms with Crippen LogP contribution in [0.3, 0.4) is 0 Å². The summed E-state index contributed by atoms with van der Waals surface area (Å²) in [6.45, 7) is 0.328. The topological polar surface area (TPSA) is 91.5 Å². The predicted octanol–water partition coefficient (Wildman–Crippen LogP) is -0.0359. The lowest BCUT2D eigenvalue weighted by atomic mass is 10.2. The van der Waals surface area contributed by atoms with E-state index in [1.807, 2.05) is 0 Å². The number of anilines is 1. The Hall–Kier alpha value is -1.66. The Bertz CT molecular complexity index is 406. The number of carbonyl (C=O) groups is 1. The molecule has 6 heteroatoms. The molecule has 1 amide bonds. The minimum atomic E-state index is -0.114. The first kappa shape index (κ1) is 11.8. The van der Waals surface area contributed by atoms with Crippen molar-refractivity contribution in [3.8, 4) is 0 Å². The maximum Gasteiger partial charge on any atom is 0.256 e. The van der Waals surface area contributed by atoms with Crippen LogP contribution in [0.5, 0.6) is 0 Å². The van der Waals surface area contributed by atoms with Gasteiger partial charge in [0.25, 0.3) is 5.91 Å². The van der Waals surface area contributed by atoms with Crippen LogP contribution < -0.4 is 11.3 Å². The molecule has 1 fully saturated rings. The smallest absolute Gasteiger partial charge is 0.256 e. The van der Waals surface area contributed by atoms with E-state index in [2.05, 4.69) is 10.4 Å². The molecule has 0 spiro atoms. The molecule has 4 N–H and O–H groups in total. The van der Waals surface area contributed by atoms with E-state index < -0.39 is 0 Å². The molecule has 92 valence electrons. The van der Waals surface area contributed by atoms with Crippen molar-refractivity contribution in [2.24, 2.45) is 5.84 Å². The number of nitrogen functional groups attached to an aromatic ring is 1. The van der Waals surface area contributed by atoms with Crippen molar-refractivity contribution in [2.45, 2.75) is 18.9 Å². The molecule has 6 nitrogen and oxygen atoms in total. The van der Waals surface area contributed by atoms with Crippen LogP contribution in [0.25, 0.3) is 0 Å². The minimum absolute atomic E-state index is 0.0291. The van der Waals surface area contributed by atoms with E-state index in [1.165, 1.54) is 6.20 Å². The van der Waals surface area contributed by atoms with Crippen molar-refractivity contribution >= 4 is 11.6 Å². The average molecular weight is 236 g/mol. The maximum absolute atomic E-state index is 12.3.